The monoisotopic (exact) mass is 214 g/mol. The number of hydrazone groups is 1. The molecule has 0 unspecified atom stereocenters. The van der Waals surface area contributed by atoms with Crippen molar-refractivity contribution in [3.05, 3.63) is 30.3 Å². The quantitative estimate of drug-likeness (QED) is 0.701. The van der Waals surface area contributed by atoms with Crippen LogP contribution in [0.5, 0.6) is 0 Å². The Morgan fingerprint density at radius 1 is 1.13 bits per heavy atom. The van der Waals surface area contributed by atoms with Crippen LogP contribution in [0.3, 0.4) is 0 Å². The van der Waals surface area contributed by atoms with E-state index < -0.39 is 11.9 Å². The fraction of sp³-hybridized carbons (Fsp3) is 0.300. The second kappa shape index (κ2) is 3.56. The van der Waals surface area contributed by atoms with Crippen molar-refractivity contribution in [3.63, 3.8) is 0 Å². The second-order valence-electron chi connectivity index (χ2n) is 3.25. The summed E-state index contributed by atoms with van der Waals surface area (Å²) >= 11 is 0. The van der Waals surface area contributed by atoms with Crippen LogP contribution in [0.4, 0.5) is 18.9 Å². The molecule has 0 amide bonds. The molecule has 0 aliphatic carbocycles. The van der Waals surface area contributed by atoms with Gasteiger partial charge in [0.05, 0.1) is 5.69 Å². The lowest BCUT2D eigenvalue weighted by Crippen LogP contribution is -2.20. The molecule has 80 valence electrons. The Hall–Kier alpha value is -1.52. The molecule has 2 nitrogen and oxygen atoms in total. The van der Waals surface area contributed by atoms with Gasteiger partial charge in [0.2, 0.25) is 0 Å². The van der Waals surface area contributed by atoms with Crippen molar-refractivity contribution in [1.29, 1.82) is 0 Å². The lowest BCUT2D eigenvalue weighted by Gasteiger charge is -2.12. The van der Waals surface area contributed by atoms with Crippen LogP contribution >= 0.6 is 0 Å². The first-order valence-corrected chi connectivity index (χ1v) is 4.54. The number of hydrogen-bond acceptors (Lipinski definition) is 2. The van der Waals surface area contributed by atoms with Crippen molar-refractivity contribution in [1.82, 2.24) is 0 Å². The van der Waals surface area contributed by atoms with E-state index in [2.05, 4.69) is 5.10 Å². The van der Waals surface area contributed by atoms with Gasteiger partial charge in [-0.2, -0.15) is 18.3 Å². The maximum Gasteiger partial charge on any atom is 0.431 e. The average Bonchev–Trinajstić information content (AvgIpc) is 2.67. The Balaban J connectivity index is 2.20. The van der Waals surface area contributed by atoms with Gasteiger partial charge in [-0.3, -0.25) is 5.01 Å². The number of para-hydroxylation sites is 1. The van der Waals surface area contributed by atoms with Crippen molar-refractivity contribution in [3.8, 4) is 0 Å². The third-order valence-corrected chi connectivity index (χ3v) is 2.18. The largest absolute Gasteiger partial charge is 0.431 e. The second-order valence-corrected chi connectivity index (χ2v) is 3.25. The number of rotatable bonds is 1. The van der Waals surface area contributed by atoms with Crippen LogP contribution in [0.15, 0.2) is 35.4 Å². The van der Waals surface area contributed by atoms with Gasteiger partial charge in [-0.05, 0) is 12.1 Å². The van der Waals surface area contributed by atoms with Crippen molar-refractivity contribution in [2.75, 3.05) is 11.6 Å². The summed E-state index contributed by atoms with van der Waals surface area (Å²) in [6.45, 7) is 0.291. The number of halogens is 3. The van der Waals surface area contributed by atoms with E-state index in [1.54, 1.807) is 24.3 Å². The van der Waals surface area contributed by atoms with Gasteiger partial charge in [-0.15, -0.1) is 0 Å². The van der Waals surface area contributed by atoms with Crippen LogP contribution < -0.4 is 5.01 Å². The molecule has 0 N–H and O–H groups in total. The molecule has 0 saturated carbocycles. The lowest BCUT2D eigenvalue weighted by molar-refractivity contribution is -0.0598. The van der Waals surface area contributed by atoms with Crippen molar-refractivity contribution < 1.29 is 13.2 Å². The highest BCUT2D eigenvalue weighted by molar-refractivity contribution is 5.92. The predicted molar refractivity (Wildman–Crippen MR) is 51.9 cm³/mol. The minimum atomic E-state index is -4.30. The molecular formula is C10H9F3N2. The molecule has 0 aromatic heterocycles. The maximum atomic E-state index is 12.3. The zero-order chi connectivity index (χ0) is 10.9. The van der Waals surface area contributed by atoms with Crippen molar-refractivity contribution in [2.24, 2.45) is 5.10 Å². The first-order valence-electron chi connectivity index (χ1n) is 4.54. The Kier molecular flexibility index (Phi) is 2.38. The summed E-state index contributed by atoms with van der Waals surface area (Å²) in [6, 6.07) is 8.84. The van der Waals surface area contributed by atoms with Gasteiger partial charge in [0, 0.05) is 13.0 Å². The van der Waals surface area contributed by atoms with Gasteiger partial charge in [-0.25, -0.2) is 0 Å². The molecule has 0 radical (unpaired) electrons. The molecule has 1 aromatic rings. The Morgan fingerprint density at radius 3 is 2.33 bits per heavy atom. The van der Waals surface area contributed by atoms with Gasteiger partial charge in [0.1, 0.15) is 5.71 Å². The van der Waals surface area contributed by atoms with E-state index in [-0.39, 0.29) is 6.42 Å². The fourth-order valence-electron chi connectivity index (χ4n) is 1.44. The fourth-order valence-corrected chi connectivity index (χ4v) is 1.44. The van der Waals surface area contributed by atoms with Crippen molar-refractivity contribution in [2.45, 2.75) is 12.6 Å². The molecule has 15 heavy (non-hydrogen) atoms. The summed E-state index contributed by atoms with van der Waals surface area (Å²) in [6.07, 6.45) is -4.35. The maximum absolute atomic E-state index is 12.3. The van der Waals surface area contributed by atoms with E-state index in [9.17, 15) is 13.2 Å². The Morgan fingerprint density at radius 2 is 1.80 bits per heavy atom. The van der Waals surface area contributed by atoms with Crippen LogP contribution in [0.25, 0.3) is 0 Å². The van der Waals surface area contributed by atoms with Crippen LogP contribution in [0.2, 0.25) is 0 Å². The number of nitrogens with zero attached hydrogens (tertiary/aromatic N) is 2. The normalized spacial score (nSPS) is 16.7. The number of anilines is 1. The third kappa shape index (κ3) is 2.11. The summed E-state index contributed by atoms with van der Waals surface area (Å²) in [5.41, 5.74) is -0.0110. The average molecular weight is 214 g/mol. The number of hydrogen-bond donors (Lipinski definition) is 0. The van der Waals surface area contributed by atoms with Crippen LogP contribution in [-0.4, -0.2) is 18.4 Å². The van der Waals surface area contributed by atoms with E-state index in [0.29, 0.717) is 12.2 Å². The molecule has 5 heteroatoms. The summed E-state index contributed by atoms with van der Waals surface area (Å²) in [5.74, 6) is 0. The van der Waals surface area contributed by atoms with Gasteiger partial charge in [0.15, 0.2) is 0 Å². The summed E-state index contributed by atoms with van der Waals surface area (Å²) < 4.78 is 36.9. The highest BCUT2D eigenvalue weighted by Crippen LogP contribution is 2.26. The van der Waals surface area contributed by atoms with E-state index in [1.807, 2.05) is 6.07 Å². The predicted octanol–water partition coefficient (Wildman–Crippen LogP) is 2.82. The number of benzene rings is 1. The van der Waals surface area contributed by atoms with Gasteiger partial charge in [0.25, 0.3) is 0 Å². The highest BCUT2D eigenvalue weighted by atomic mass is 19.4. The number of alkyl halides is 3. The molecule has 1 aromatic carbocycles. The molecule has 1 heterocycles. The first kappa shape index (κ1) is 10.0. The first-order chi connectivity index (χ1) is 7.07. The van der Waals surface area contributed by atoms with E-state index in [0.717, 1.165) is 0 Å². The third-order valence-electron chi connectivity index (χ3n) is 2.18. The molecular weight excluding hydrogens is 205 g/mol. The van der Waals surface area contributed by atoms with Gasteiger partial charge in [-0.1, -0.05) is 18.2 Å². The van der Waals surface area contributed by atoms with E-state index in [1.165, 1.54) is 5.01 Å². The Bertz CT molecular complexity index is 370. The minimum absolute atomic E-state index is 0.0433. The molecule has 2 rings (SSSR count). The van der Waals surface area contributed by atoms with Gasteiger partial charge >= 0.3 is 6.18 Å². The molecule has 0 spiro atoms. The molecule has 1 aliphatic rings. The van der Waals surface area contributed by atoms with E-state index in [4.69, 9.17) is 0 Å². The minimum Gasteiger partial charge on any atom is -0.265 e. The topological polar surface area (TPSA) is 15.6 Å². The zero-order valence-corrected chi connectivity index (χ0v) is 7.83. The molecule has 1 aliphatic heterocycles. The summed E-state index contributed by atoms with van der Waals surface area (Å²) in [7, 11) is 0. The summed E-state index contributed by atoms with van der Waals surface area (Å²) in [5, 5.41) is 4.93. The summed E-state index contributed by atoms with van der Waals surface area (Å²) in [4.78, 5) is 0. The lowest BCUT2D eigenvalue weighted by atomic mass is 10.2. The zero-order valence-electron chi connectivity index (χ0n) is 7.83. The van der Waals surface area contributed by atoms with E-state index >= 15 is 0 Å². The molecule has 0 fully saturated rings. The molecule has 0 saturated heterocycles. The van der Waals surface area contributed by atoms with Crippen molar-refractivity contribution >= 4 is 11.4 Å². The molecule has 0 atom stereocenters. The van der Waals surface area contributed by atoms with Crippen LogP contribution in [0, 0.1) is 0 Å². The Labute approximate surface area is 85.0 Å². The molecule has 0 bridgehead atoms. The van der Waals surface area contributed by atoms with Gasteiger partial charge < -0.3 is 0 Å². The van der Waals surface area contributed by atoms with Crippen LogP contribution in [-0.2, 0) is 0 Å². The standard InChI is InChI=1S/C10H9F3N2/c11-10(12,13)9-6-7-15(14-9)8-4-2-1-3-5-8/h1-5H,6-7H2. The SMILES string of the molecule is FC(F)(F)C1=NN(c2ccccc2)CC1. The van der Waals surface area contributed by atoms with Crippen LogP contribution in [0.1, 0.15) is 6.42 Å². The smallest absolute Gasteiger partial charge is 0.265 e. The highest BCUT2D eigenvalue weighted by Gasteiger charge is 2.38.